The second kappa shape index (κ2) is 7.47. The Morgan fingerprint density at radius 2 is 1.84 bits per heavy atom. The van der Waals surface area contributed by atoms with Crippen LogP contribution in [-0.2, 0) is 11.0 Å². The molecular weight excluding hydrogens is 416 g/mol. The number of halogens is 4. The number of nitrogens with zero attached hydrogens (tertiary/aromatic N) is 6. The van der Waals surface area contributed by atoms with Crippen LogP contribution in [-0.4, -0.2) is 37.0 Å². The van der Waals surface area contributed by atoms with E-state index in [0.29, 0.717) is 24.3 Å². The normalized spacial score (nSPS) is 17.2. The molecule has 0 spiro atoms. The molecule has 2 aromatic heterocycles. The molecule has 3 heterocycles. The SMILES string of the molecule is Cc1nc(C(F)(F)F)nn1C1CCN(c2cnn(-c3ccc(F)cc3)c2C(C)C)C1=O. The van der Waals surface area contributed by atoms with Gasteiger partial charge in [-0.1, -0.05) is 13.8 Å². The van der Waals surface area contributed by atoms with E-state index >= 15 is 0 Å². The number of alkyl halides is 3. The Balaban J connectivity index is 1.68. The molecular formula is C20H20F4N6O. The first-order valence-corrected chi connectivity index (χ1v) is 9.73. The lowest BCUT2D eigenvalue weighted by Crippen LogP contribution is -2.30. The van der Waals surface area contributed by atoms with E-state index < -0.39 is 18.0 Å². The lowest BCUT2D eigenvalue weighted by Gasteiger charge is -2.20. The van der Waals surface area contributed by atoms with Crippen LogP contribution in [0.25, 0.3) is 5.69 Å². The van der Waals surface area contributed by atoms with Gasteiger partial charge in [-0.15, -0.1) is 5.10 Å². The molecule has 3 aromatic rings. The molecule has 31 heavy (non-hydrogen) atoms. The standard InChI is InChI=1S/C20H20F4N6O/c1-11(2)17-16(10-25-30(17)14-6-4-13(21)5-7-14)28-9-8-15(18(28)31)29-12(3)26-19(27-29)20(22,23)24/h4-7,10-11,15H,8-9H2,1-3H3. The summed E-state index contributed by atoms with van der Waals surface area (Å²) >= 11 is 0. The van der Waals surface area contributed by atoms with E-state index in [1.165, 1.54) is 24.0 Å². The zero-order valence-electron chi connectivity index (χ0n) is 17.1. The Kier molecular flexibility index (Phi) is 5.06. The van der Waals surface area contributed by atoms with Crippen LogP contribution < -0.4 is 4.90 Å². The molecule has 1 saturated heterocycles. The van der Waals surface area contributed by atoms with Gasteiger partial charge in [0.1, 0.15) is 17.7 Å². The van der Waals surface area contributed by atoms with Crippen molar-refractivity contribution in [2.75, 3.05) is 11.4 Å². The number of aryl methyl sites for hydroxylation is 1. The number of anilines is 1. The van der Waals surface area contributed by atoms with Gasteiger partial charge in [-0.2, -0.15) is 18.3 Å². The number of hydrogen-bond acceptors (Lipinski definition) is 4. The molecule has 0 N–H and O–H groups in total. The average Bonchev–Trinajstić information content (AvgIpc) is 3.38. The van der Waals surface area contributed by atoms with Crippen molar-refractivity contribution in [1.29, 1.82) is 0 Å². The van der Waals surface area contributed by atoms with Crippen LogP contribution in [0.2, 0.25) is 0 Å². The topological polar surface area (TPSA) is 68.8 Å². The molecule has 0 bridgehead atoms. The minimum atomic E-state index is -4.68. The third-order valence-corrected chi connectivity index (χ3v) is 5.22. The molecule has 164 valence electrons. The number of aromatic nitrogens is 5. The summed E-state index contributed by atoms with van der Waals surface area (Å²) < 4.78 is 54.9. The van der Waals surface area contributed by atoms with Gasteiger partial charge in [-0.3, -0.25) is 4.79 Å². The Bertz CT molecular complexity index is 1120. The smallest absolute Gasteiger partial charge is 0.307 e. The van der Waals surface area contributed by atoms with Gasteiger partial charge in [-0.05, 0) is 43.5 Å². The molecule has 1 aromatic carbocycles. The van der Waals surface area contributed by atoms with Crippen LogP contribution in [0.5, 0.6) is 0 Å². The summed E-state index contributed by atoms with van der Waals surface area (Å²) in [7, 11) is 0. The van der Waals surface area contributed by atoms with Crippen molar-refractivity contribution in [1.82, 2.24) is 24.5 Å². The van der Waals surface area contributed by atoms with E-state index in [-0.39, 0.29) is 23.5 Å². The molecule has 1 amide bonds. The van der Waals surface area contributed by atoms with E-state index in [4.69, 9.17) is 0 Å². The highest BCUT2D eigenvalue weighted by Gasteiger charge is 2.41. The highest BCUT2D eigenvalue weighted by Crippen LogP contribution is 2.36. The van der Waals surface area contributed by atoms with Crippen molar-refractivity contribution in [3.8, 4) is 5.69 Å². The second-order valence-electron chi connectivity index (χ2n) is 7.68. The number of rotatable bonds is 4. The fourth-order valence-electron chi connectivity index (χ4n) is 3.83. The zero-order chi connectivity index (χ0) is 22.5. The number of carbonyl (C=O) groups is 1. The molecule has 0 saturated carbocycles. The fourth-order valence-corrected chi connectivity index (χ4v) is 3.83. The van der Waals surface area contributed by atoms with E-state index in [1.807, 2.05) is 13.8 Å². The van der Waals surface area contributed by atoms with Gasteiger partial charge in [0.2, 0.25) is 0 Å². The van der Waals surface area contributed by atoms with Gasteiger partial charge in [-0.25, -0.2) is 18.7 Å². The van der Waals surface area contributed by atoms with Crippen molar-refractivity contribution in [3.63, 3.8) is 0 Å². The van der Waals surface area contributed by atoms with Crippen molar-refractivity contribution >= 4 is 11.6 Å². The zero-order valence-corrected chi connectivity index (χ0v) is 17.1. The Labute approximate surface area is 175 Å². The third kappa shape index (κ3) is 3.68. The maximum atomic E-state index is 13.3. The summed E-state index contributed by atoms with van der Waals surface area (Å²) in [6.07, 6.45) is -2.84. The molecule has 1 unspecified atom stereocenters. The number of hydrogen-bond donors (Lipinski definition) is 0. The van der Waals surface area contributed by atoms with E-state index in [0.717, 1.165) is 10.4 Å². The molecule has 11 heteroatoms. The van der Waals surface area contributed by atoms with Gasteiger partial charge in [0.15, 0.2) is 0 Å². The third-order valence-electron chi connectivity index (χ3n) is 5.22. The highest BCUT2D eigenvalue weighted by molar-refractivity contribution is 5.98. The van der Waals surface area contributed by atoms with Crippen LogP contribution in [0.4, 0.5) is 23.2 Å². The summed E-state index contributed by atoms with van der Waals surface area (Å²) in [5.41, 5.74) is 1.95. The maximum absolute atomic E-state index is 13.3. The van der Waals surface area contributed by atoms with Crippen LogP contribution in [0.15, 0.2) is 30.5 Å². The molecule has 1 aliphatic rings. The van der Waals surface area contributed by atoms with E-state index in [1.54, 1.807) is 23.0 Å². The molecule has 4 rings (SSSR count). The molecule has 7 nitrogen and oxygen atoms in total. The van der Waals surface area contributed by atoms with Crippen LogP contribution >= 0.6 is 0 Å². The number of benzene rings is 1. The predicted molar refractivity (Wildman–Crippen MR) is 103 cm³/mol. The maximum Gasteiger partial charge on any atom is 0.453 e. The first-order valence-electron chi connectivity index (χ1n) is 9.73. The minimum absolute atomic E-state index is 0.0265. The summed E-state index contributed by atoms with van der Waals surface area (Å²) in [5, 5.41) is 7.92. The second-order valence-corrected chi connectivity index (χ2v) is 7.68. The lowest BCUT2D eigenvalue weighted by molar-refractivity contribution is -0.145. The van der Waals surface area contributed by atoms with E-state index in [2.05, 4.69) is 15.2 Å². The van der Waals surface area contributed by atoms with Gasteiger partial charge >= 0.3 is 6.18 Å². The van der Waals surface area contributed by atoms with Crippen LogP contribution in [0.3, 0.4) is 0 Å². The largest absolute Gasteiger partial charge is 0.453 e. The first kappa shape index (κ1) is 21.0. The monoisotopic (exact) mass is 436 g/mol. The lowest BCUT2D eigenvalue weighted by atomic mass is 10.1. The molecule has 0 radical (unpaired) electrons. The van der Waals surface area contributed by atoms with Gasteiger partial charge in [0.25, 0.3) is 11.7 Å². The Hall–Kier alpha value is -3.24. The summed E-state index contributed by atoms with van der Waals surface area (Å²) in [5.74, 6) is -2.01. The van der Waals surface area contributed by atoms with Crippen LogP contribution in [0.1, 0.15) is 49.6 Å². The fraction of sp³-hybridized carbons (Fsp3) is 0.400. The van der Waals surface area contributed by atoms with Crippen LogP contribution in [0, 0.1) is 12.7 Å². The van der Waals surface area contributed by atoms with Gasteiger partial charge in [0, 0.05) is 6.54 Å². The van der Waals surface area contributed by atoms with E-state index in [9.17, 15) is 22.4 Å². The molecule has 0 aliphatic carbocycles. The summed E-state index contributed by atoms with van der Waals surface area (Å²) in [6, 6.07) is 4.94. The molecule has 1 aliphatic heterocycles. The highest BCUT2D eigenvalue weighted by atomic mass is 19.4. The number of amides is 1. The predicted octanol–water partition coefficient (Wildman–Crippen LogP) is 4.03. The Morgan fingerprint density at radius 1 is 1.16 bits per heavy atom. The average molecular weight is 436 g/mol. The van der Waals surface area contributed by atoms with Gasteiger partial charge in [0.05, 0.1) is 23.3 Å². The quantitative estimate of drug-likeness (QED) is 0.579. The summed E-state index contributed by atoms with van der Waals surface area (Å²) in [6.45, 7) is 5.58. The number of carbonyl (C=O) groups excluding carboxylic acids is 1. The van der Waals surface area contributed by atoms with Crippen molar-refractivity contribution < 1.29 is 22.4 Å². The van der Waals surface area contributed by atoms with Crippen molar-refractivity contribution in [2.24, 2.45) is 0 Å². The van der Waals surface area contributed by atoms with Crippen molar-refractivity contribution in [3.05, 3.63) is 53.6 Å². The Morgan fingerprint density at radius 3 is 2.42 bits per heavy atom. The van der Waals surface area contributed by atoms with Crippen molar-refractivity contribution in [2.45, 2.75) is 45.3 Å². The molecule has 1 atom stereocenters. The van der Waals surface area contributed by atoms with Gasteiger partial charge < -0.3 is 4.90 Å². The summed E-state index contributed by atoms with van der Waals surface area (Å²) in [4.78, 5) is 18.1. The first-order chi connectivity index (χ1) is 14.6. The minimum Gasteiger partial charge on any atom is -0.307 e. The molecule has 1 fully saturated rings.